The van der Waals surface area contributed by atoms with Gasteiger partial charge in [-0.05, 0) is 35.9 Å². The van der Waals surface area contributed by atoms with E-state index < -0.39 is 18.7 Å². The second kappa shape index (κ2) is 8.73. The zero-order chi connectivity index (χ0) is 16.5. The van der Waals surface area contributed by atoms with Gasteiger partial charge in [-0.2, -0.15) is 0 Å². The Bertz CT molecular complexity index is 634. The molecule has 2 aromatic carbocycles. The van der Waals surface area contributed by atoms with Crippen LogP contribution in [-0.4, -0.2) is 35.5 Å². The Balaban J connectivity index is 1.87. The molecule has 0 saturated carbocycles. The van der Waals surface area contributed by atoms with Crippen LogP contribution in [0.1, 0.15) is 5.56 Å². The van der Waals surface area contributed by atoms with Crippen LogP contribution >= 0.6 is 0 Å². The number of aliphatic hydroxyl groups excluding tert-OH is 2. The molecule has 1 atom stereocenters. The number of aliphatic hydroxyl groups is 2. The molecule has 0 heterocycles. The molecule has 0 spiro atoms. The van der Waals surface area contributed by atoms with E-state index in [0.717, 1.165) is 11.3 Å². The summed E-state index contributed by atoms with van der Waals surface area (Å²) in [5.74, 6) is 0.867. The summed E-state index contributed by atoms with van der Waals surface area (Å²) in [5, 5.41) is 17.7. The first-order chi connectivity index (χ1) is 11.2. The van der Waals surface area contributed by atoms with Crippen LogP contribution in [0, 0.1) is 0 Å². The number of carbonyl (C=O) groups excluding carboxylic acids is 1. The third kappa shape index (κ3) is 5.94. The molecule has 0 aliphatic rings. The molecule has 5 nitrogen and oxygen atoms in total. The predicted octanol–water partition coefficient (Wildman–Crippen LogP) is 2.39. The average Bonchev–Trinajstić information content (AvgIpc) is 2.60. The van der Waals surface area contributed by atoms with Crippen molar-refractivity contribution >= 4 is 12.0 Å². The highest BCUT2D eigenvalue weighted by atomic mass is 16.5. The van der Waals surface area contributed by atoms with Crippen LogP contribution in [0.5, 0.6) is 11.5 Å². The average molecular weight is 314 g/mol. The number of hydrogen-bond donors (Lipinski definition) is 2. The lowest BCUT2D eigenvalue weighted by atomic mass is 10.2. The van der Waals surface area contributed by atoms with Crippen molar-refractivity contribution in [2.24, 2.45) is 0 Å². The van der Waals surface area contributed by atoms with Gasteiger partial charge in [-0.15, -0.1) is 0 Å². The molecule has 2 rings (SSSR count). The number of hydrogen-bond acceptors (Lipinski definition) is 5. The summed E-state index contributed by atoms with van der Waals surface area (Å²) in [7, 11) is 0. The Morgan fingerprint density at radius 1 is 1.04 bits per heavy atom. The lowest BCUT2D eigenvalue weighted by Crippen LogP contribution is -2.21. The number of benzene rings is 2. The second-order valence-electron chi connectivity index (χ2n) is 4.78. The van der Waals surface area contributed by atoms with E-state index in [1.165, 1.54) is 6.08 Å². The first-order valence-corrected chi connectivity index (χ1v) is 7.14. The standard InChI is InChI=1S/C18H18O5/c19-12-15(20)13-22-18(21)11-8-14-6-9-17(10-7-14)23-16-4-2-1-3-5-16/h1-11,15,19-20H,12-13H2/b11-8+/t15-/m0/s1. The van der Waals surface area contributed by atoms with E-state index in [4.69, 9.17) is 19.7 Å². The number of rotatable bonds is 7. The molecular weight excluding hydrogens is 296 g/mol. The van der Waals surface area contributed by atoms with E-state index in [2.05, 4.69) is 0 Å². The Morgan fingerprint density at radius 3 is 2.35 bits per heavy atom. The summed E-state index contributed by atoms with van der Waals surface area (Å²) in [5.41, 5.74) is 0.810. The minimum Gasteiger partial charge on any atom is -0.460 e. The van der Waals surface area contributed by atoms with Crippen LogP contribution < -0.4 is 4.74 Å². The van der Waals surface area contributed by atoms with Crippen molar-refractivity contribution in [2.45, 2.75) is 6.10 Å². The molecule has 0 saturated heterocycles. The Hall–Kier alpha value is -2.63. The van der Waals surface area contributed by atoms with Crippen molar-refractivity contribution in [3.05, 3.63) is 66.2 Å². The van der Waals surface area contributed by atoms with Gasteiger partial charge in [0.15, 0.2) is 0 Å². The van der Waals surface area contributed by atoms with E-state index in [-0.39, 0.29) is 6.61 Å². The molecule has 0 aliphatic carbocycles. The summed E-state index contributed by atoms with van der Waals surface area (Å²) in [6.07, 6.45) is 1.80. The Labute approximate surface area is 134 Å². The summed E-state index contributed by atoms with van der Waals surface area (Å²) in [6, 6.07) is 16.7. The lowest BCUT2D eigenvalue weighted by molar-refractivity contribution is -0.141. The van der Waals surface area contributed by atoms with Crippen molar-refractivity contribution in [3.8, 4) is 11.5 Å². The van der Waals surface area contributed by atoms with Crippen molar-refractivity contribution in [2.75, 3.05) is 13.2 Å². The minimum absolute atomic E-state index is 0.233. The van der Waals surface area contributed by atoms with Crippen LogP contribution in [0.25, 0.3) is 6.08 Å². The number of carbonyl (C=O) groups is 1. The van der Waals surface area contributed by atoms with Crippen LogP contribution in [0.15, 0.2) is 60.7 Å². The number of esters is 1. The van der Waals surface area contributed by atoms with E-state index >= 15 is 0 Å². The van der Waals surface area contributed by atoms with Gasteiger partial charge in [0.05, 0.1) is 6.61 Å². The molecule has 0 aromatic heterocycles. The third-order valence-corrected chi connectivity index (χ3v) is 2.90. The van der Waals surface area contributed by atoms with Gasteiger partial charge in [-0.3, -0.25) is 0 Å². The van der Waals surface area contributed by atoms with Gasteiger partial charge in [0.1, 0.15) is 24.2 Å². The molecular formula is C18H18O5. The van der Waals surface area contributed by atoms with Gasteiger partial charge in [0.2, 0.25) is 0 Å². The summed E-state index contributed by atoms with van der Waals surface area (Å²) in [6.45, 7) is -0.677. The first-order valence-electron chi connectivity index (χ1n) is 7.14. The SMILES string of the molecule is O=C(/C=C/c1ccc(Oc2ccccc2)cc1)OC[C@@H](O)CO. The molecule has 0 bridgehead atoms. The van der Waals surface area contributed by atoms with Crippen molar-refractivity contribution < 1.29 is 24.5 Å². The van der Waals surface area contributed by atoms with E-state index in [1.807, 2.05) is 42.5 Å². The van der Waals surface area contributed by atoms with Gasteiger partial charge in [0.25, 0.3) is 0 Å². The summed E-state index contributed by atoms with van der Waals surface area (Å²) in [4.78, 5) is 11.4. The quantitative estimate of drug-likeness (QED) is 0.606. The zero-order valence-electron chi connectivity index (χ0n) is 12.5. The Kier molecular flexibility index (Phi) is 6.35. The molecule has 2 N–H and O–H groups in total. The first kappa shape index (κ1) is 16.7. The zero-order valence-corrected chi connectivity index (χ0v) is 12.5. The maximum absolute atomic E-state index is 11.4. The van der Waals surface area contributed by atoms with Crippen LogP contribution in [0.2, 0.25) is 0 Å². The summed E-state index contributed by atoms with van der Waals surface area (Å²) >= 11 is 0. The van der Waals surface area contributed by atoms with Gasteiger partial charge < -0.3 is 19.7 Å². The number of para-hydroxylation sites is 1. The summed E-state index contributed by atoms with van der Waals surface area (Å²) < 4.78 is 10.4. The fraction of sp³-hybridized carbons (Fsp3) is 0.167. The van der Waals surface area contributed by atoms with Crippen LogP contribution in [-0.2, 0) is 9.53 Å². The van der Waals surface area contributed by atoms with Crippen molar-refractivity contribution in [3.63, 3.8) is 0 Å². The van der Waals surface area contributed by atoms with Crippen molar-refractivity contribution in [1.29, 1.82) is 0 Å². The van der Waals surface area contributed by atoms with Gasteiger partial charge in [-0.1, -0.05) is 30.3 Å². The molecule has 0 unspecified atom stereocenters. The van der Waals surface area contributed by atoms with Gasteiger partial charge >= 0.3 is 5.97 Å². The van der Waals surface area contributed by atoms with E-state index in [1.54, 1.807) is 18.2 Å². The van der Waals surface area contributed by atoms with E-state index in [9.17, 15) is 4.79 Å². The fourth-order valence-corrected chi connectivity index (χ4v) is 1.72. The molecule has 23 heavy (non-hydrogen) atoms. The molecule has 0 fully saturated rings. The smallest absolute Gasteiger partial charge is 0.330 e. The second-order valence-corrected chi connectivity index (χ2v) is 4.78. The maximum Gasteiger partial charge on any atom is 0.330 e. The topological polar surface area (TPSA) is 76.0 Å². The molecule has 2 aromatic rings. The molecule has 0 aliphatic heterocycles. The normalized spacial score (nSPS) is 12.1. The van der Waals surface area contributed by atoms with Gasteiger partial charge in [0, 0.05) is 6.08 Å². The Morgan fingerprint density at radius 2 is 1.70 bits per heavy atom. The fourth-order valence-electron chi connectivity index (χ4n) is 1.72. The highest BCUT2D eigenvalue weighted by Crippen LogP contribution is 2.21. The van der Waals surface area contributed by atoms with Crippen molar-refractivity contribution in [1.82, 2.24) is 0 Å². The minimum atomic E-state index is -1.05. The van der Waals surface area contributed by atoms with E-state index in [0.29, 0.717) is 5.75 Å². The maximum atomic E-state index is 11.4. The van der Waals surface area contributed by atoms with Gasteiger partial charge in [-0.25, -0.2) is 4.79 Å². The van der Waals surface area contributed by atoms with Crippen LogP contribution in [0.4, 0.5) is 0 Å². The molecule has 0 radical (unpaired) electrons. The molecule has 120 valence electrons. The lowest BCUT2D eigenvalue weighted by Gasteiger charge is -2.06. The highest BCUT2D eigenvalue weighted by Gasteiger charge is 2.04. The van der Waals surface area contributed by atoms with Crippen LogP contribution in [0.3, 0.4) is 0 Å². The predicted molar refractivity (Wildman–Crippen MR) is 86.0 cm³/mol. The molecule has 0 amide bonds. The highest BCUT2D eigenvalue weighted by molar-refractivity contribution is 5.87. The number of ether oxygens (including phenoxy) is 2. The largest absolute Gasteiger partial charge is 0.460 e. The molecule has 5 heteroatoms. The third-order valence-electron chi connectivity index (χ3n) is 2.90. The monoisotopic (exact) mass is 314 g/mol.